The number of hydrogen-bond donors (Lipinski definition) is 2. The predicted octanol–water partition coefficient (Wildman–Crippen LogP) is 2.75. The zero-order valence-corrected chi connectivity index (χ0v) is 12.2. The number of nitrogens with one attached hydrogen (secondary N) is 1. The summed E-state index contributed by atoms with van der Waals surface area (Å²) in [7, 11) is 0. The van der Waals surface area contributed by atoms with Gasteiger partial charge in [0.1, 0.15) is 5.82 Å². The molecule has 1 rings (SSSR count). The van der Waals surface area contributed by atoms with Gasteiger partial charge in [-0.05, 0) is 30.5 Å². The molecule has 4 heteroatoms. The average molecular weight is 279 g/mol. The minimum absolute atomic E-state index is 0.0672. The van der Waals surface area contributed by atoms with Gasteiger partial charge >= 0.3 is 0 Å². The maximum absolute atomic E-state index is 12.7. The van der Waals surface area contributed by atoms with Crippen molar-refractivity contribution in [2.45, 2.75) is 32.8 Å². The van der Waals surface area contributed by atoms with E-state index in [9.17, 15) is 14.3 Å². The van der Waals surface area contributed by atoms with Gasteiger partial charge in [-0.1, -0.05) is 38.1 Å². The highest BCUT2D eigenvalue weighted by molar-refractivity contribution is 5.78. The van der Waals surface area contributed by atoms with Gasteiger partial charge in [0.25, 0.3) is 0 Å². The van der Waals surface area contributed by atoms with Crippen LogP contribution in [0.4, 0.5) is 4.39 Å². The van der Waals surface area contributed by atoms with E-state index in [-0.39, 0.29) is 30.6 Å². The fourth-order valence-corrected chi connectivity index (χ4v) is 1.43. The number of amides is 1. The lowest BCUT2D eigenvalue weighted by atomic mass is 9.92. The van der Waals surface area contributed by atoms with Crippen molar-refractivity contribution >= 4 is 12.0 Å². The summed E-state index contributed by atoms with van der Waals surface area (Å²) >= 11 is 0. The lowest BCUT2D eigenvalue weighted by Gasteiger charge is -2.27. The van der Waals surface area contributed by atoms with Gasteiger partial charge in [0.15, 0.2) is 0 Å². The number of aliphatic hydroxyl groups is 1. The van der Waals surface area contributed by atoms with Gasteiger partial charge in [-0.25, -0.2) is 4.39 Å². The second-order valence-electron chi connectivity index (χ2n) is 5.45. The van der Waals surface area contributed by atoms with Crippen molar-refractivity contribution in [1.29, 1.82) is 0 Å². The number of rotatable bonds is 6. The summed E-state index contributed by atoms with van der Waals surface area (Å²) < 4.78 is 12.7. The fourth-order valence-electron chi connectivity index (χ4n) is 1.43. The molecule has 0 spiro atoms. The van der Waals surface area contributed by atoms with E-state index in [1.54, 1.807) is 31.2 Å². The van der Waals surface area contributed by atoms with E-state index in [0.717, 1.165) is 5.56 Å². The molecule has 1 aromatic rings. The van der Waals surface area contributed by atoms with Crippen LogP contribution in [0.1, 0.15) is 32.8 Å². The molecule has 1 unspecified atom stereocenters. The molecule has 1 amide bonds. The lowest BCUT2D eigenvalue weighted by Crippen LogP contribution is -2.44. The van der Waals surface area contributed by atoms with E-state index >= 15 is 0 Å². The van der Waals surface area contributed by atoms with Gasteiger partial charge in [0.2, 0.25) is 5.91 Å². The molecule has 1 atom stereocenters. The third kappa shape index (κ3) is 5.53. The highest BCUT2D eigenvalue weighted by Gasteiger charge is 2.24. The molecule has 0 aliphatic heterocycles. The van der Waals surface area contributed by atoms with Crippen molar-refractivity contribution in [2.24, 2.45) is 5.92 Å². The second kappa shape index (κ2) is 7.20. The molecule has 2 N–H and O–H groups in total. The van der Waals surface area contributed by atoms with Crippen molar-refractivity contribution in [3.63, 3.8) is 0 Å². The number of hydrogen-bond acceptors (Lipinski definition) is 2. The quantitative estimate of drug-likeness (QED) is 0.841. The molecule has 20 heavy (non-hydrogen) atoms. The maximum Gasteiger partial charge on any atom is 0.223 e. The highest BCUT2D eigenvalue weighted by Crippen LogP contribution is 2.14. The monoisotopic (exact) mass is 279 g/mol. The standard InChI is InChI=1S/C16H22FNO2/c1-12(2)16(3,20)11-18-15(19)6-4-5-13-7-9-14(17)10-8-13/h4-5,7-10,12,20H,6,11H2,1-3H3,(H,18,19). The number of halogens is 1. The van der Waals surface area contributed by atoms with E-state index in [0.29, 0.717) is 0 Å². The first kappa shape index (κ1) is 16.4. The van der Waals surface area contributed by atoms with E-state index < -0.39 is 5.60 Å². The summed E-state index contributed by atoms with van der Waals surface area (Å²) in [4.78, 5) is 11.6. The van der Waals surface area contributed by atoms with Gasteiger partial charge in [-0.15, -0.1) is 0 Å². The summed E-state index contributed by atoms with van der Waals surface area (Å²) in [6.07, 6.45) is 3.71. The third-order valence-electron chi connectivity index (χ3n) is 3.37. The molecule has 0 heterocycles. The normalized spacial score (nSPS) is 14.5. The Morgan fingerprint density at radius 1 is 1.40 bits per heavy atom. The predicted molar refractivity (Wildman–Crippen MR) is 78.5 cm³/mol. The van der Waals surface area contributed by atoms with Gasteiger partial charge in [0, 0.05) is 13.0 Å². The first-order valence-corrected chi connectivity index (χ1v) is 6.72. The number of benzene rings is 1. The molecule has 0 bridgehead atoms. The summed E-state index contributed by atoms with van der Waals surface area (Å²) in [6, 6.07) is 6.04. The van der Waals surface area contributed by atoms with Gasteiger partial charge in [0.05, 0.1) is 5.60 Å². The summed E-state index contributed by atoms with van der Waals surface area (Å²) in [6.45, 7) is 5.74. The lowest BCUT2D eigenvalue weighted by molar-refractivity contribution is -0.121. The van der Waals surface area contributed by atoms with Crippen LogP contribution in [0.2, 0.25) is 0 Å². The Bertz CT molecular complexity index is 464. The molecule has 110 valence electrons. The van der Waals surface area contributed by atoms with Crippen LogP contribution >= 0.6 is 0 Å². The molecule has 0 aliphatic rings. The SMILES string of the molecule is CC(C)C(C)(O)CNC(=O)CC=Cc1ccc(F)cc1. The summed E-state index contributed by atoms with van der Waals surface area (Å²) in [5.41, 5.74) is -0.0653. The summed E-state index contributed by atoms with van der Waals surface area (Å²) in [5.74, 6) is -0.363. The summed E-state index contributed by atoms with van der Waals surface area (Å²) in [5, 5.41) is 12.7. The van der Waals surface area contributed by atoms with Crippen LogP contribution in [0.25, 0.3) is 6.08 Å². The molecule has 1 aromatic carbocycles. The van der Waals surface area contributed by atoms with E-state index in [2.05, 4.69) is 5.32 Å². The van der Waals surface area contributed by atoms with Crippen molar-refractivity contribution < 1.29 is 14.3 Å². The van der Waals surface area contributed by atoms with E-state index in [1.165, 1.54) is 12.1 Å². The maximum atomic E-state index is 12.7. The Morgan fingerprint density at radius 3 is 2.55 bits per heavy atom. The molecule has 0 fully saturated rings. The van der Waals surface area contributed by atoms with Crippen molar-refractivity contribution in [2.75, 3.05) is 6.54 Å². The molecule has 0 aliphatic carbocycles. The van der Waals surface area contributed by atoms with Crippen LogP contribution in [-0.4, -0.2) is 23.2 Å². The van der Waals surface area contributed by atoms with Crippen LogP contribution < -0.4 is 5.32 Å². The van der Waals surface area contributed by atoms with Crippen LogP contribution in [0, 0.1) is 11.7 Å². The van der Waals surface area contributed by atoms with Gasteiger partial charge in [-0.2, -0.15) is 0 Å². The zero-order valence-electron chi connectivity index (χ0n) is 12.2. The Labute approximate surface area is 119 Å². The molecule has 3 nitrogen and oxygen atoms in total. The van der Waals surface area contributed by atoms with Gasteiger partial charge in [-0.3, -0.25) is 4.79 Å². The molecular weight excluding hydrogens is 257 g/mol. The third-order valence-corrected chi connectivity index (χ3v) is 3.37. The van der Waals surface area contributed by atoms with Crippen molar-refractivity contribution in [3.8, 4) is 0 Å². The van der Waals surface area contributed by atoms with Crippen LogP contribution in [-0.2, 0) is 4.79 Å². The Kier molecular flexibility index (Phi) is 5.89. The first-order valence-electron chi connectivity index (χ1n) is 6.72. The molecule has 0 aromatic heterocycles. The first-order chi connectivity index (χ1) is 9.31. The van der Waals surface area contributed by atoms with Gasteiger partial charge < -0.3 is 10.4 Å². The second-order valence-corrected chi connectivity index (χ2v) is 5.45. The van der Waals surface area contributed by atoms with E-state index in [4.69, 9.17) is 0 Å². The minimum atomic E-state index is -0.906. The Morgan fingerprint density at radius 2 is 2.00 bits per heavy atom. The molecule has 0 saturated carbocycles. The number of carbonyl (C=O) groups excluding carboxylic acids is 1. The smallest absolute Gasteiger partial charge is 0.223 e. The average Bonchev–Trinajstić information content (AvgIpc) is 2.39. The number of carbonyl (C=O) groups is 1. The zero-order chi connectivity index (χ0) is 15.2. The van der Waals surface area contributed by atoms with Crippen LogP contribution in [0.3, 0.4) is 0 Å². The molecule has 0 saturated heterocycles. The van der Waals surface area contributed by atoms with Crippen LogP contribution in [0.15, 0.2) is 30.3 Å². The van der Waals surface area contributed by atoms with E-state index in [1.807, 2.05) is 13.8 Å². The van der Waals surface area contributed by atoms with Crippen molar-refractivity contribution in [3.05, 3.63) is 41.7 Å². The molecule has 0 radical (unpaired) electrons. The Balaban J connectivity index is 2.38. The van der Waals surface area contributed by atoms with Crippen LogP contribution in [0.5, 0.6) is 0 Å². The minimum Gasteiger partial charge on any atom is -0.388 e. The highest BCUT2D eigenvalue weighted by atomic mass is 19.1. The molecular formula is C16H22FNO2. The largest absolute Gasteiger partial charge is 0.388 e. The topological polar surface area (TPSA) is 49.3 Å². The van der Waals surface area contributed by atoms with Crippen molar-refractivity contribution in [1.82, 2.24) is 5.32 Å². The fraction of sp³-hybridized carbons (Fsp3) is 0.438. The Hall–Kier alpha value is -1.68.